The summed E-state index contributed by atoms with van der Waals surface area (Å²) in [7, 11) is 1.41. The molecule has 0 spiro atoms. The van der Waals surface area contributed by atoms with Gasteiger partial charge in [-0.25, -0.2) is 24.0 Å². The molecule has 0 N–H and O–H groups in total. The second-order valence-electron chi connectivity index (χ2n) is 8.15. The molecule has 0 radical (unpaired) electrons. The Kier molecular flexibility index (Phi) is 7.00. The number of benzene rings is 1. The Hall–Kier alpha value is -2.57. The monoisotopic (exact) mass is 380 g/mol. The van der Waals surface area contributed by atoms with E-state index in [1.54, 1.807) is 53.7 Å². The summed E-state index contributed by atoms with van der Waals surface area (Å²) in [4.78, 5) is 25.1. The molecule has 2 amide bonds. The van der Waals surface area contributed by atoms with Crippen molar-refractivity contribution in [1.29, 1.82) is 0 Å². The van der Waals surface area contributed by atoms with Crippen molar-refractivity contribution in [3.05, 3.63) is 42.2 Å². The van der Waals surface area contributed by atoms with Crippen LogP contribution in [0.4, 0.5) is 14.0 Å². The van der Waals surface area contributed by atoms with E-state index in [4.69, 9.17) is 9.47 Å². The van der Waals surface area contributed by atoms with E-state index in [1.165, 1.54) is 19.2 Å². The number of ether oxygens (including phenoxy) is 2. The summed E-state index contributed by atoms with van der Waals surface area (Å²) in [6, 6.07) is 5.71. The lowest BCUT2D eigenvalue weighted by Gasteiger charge is -2.34. The Balaban J connectivity index is 3.06. The predicted octanol–water partition coefficient (Wildman–Crippen LogP) is 4.86. The van der Waals surface area contributed by atoms with Crippen LogP contribution in [0, 0.1) is 5.82 Å². The molecule has 0 saturated heterocycles. The molecule has 1 rings (SSSR count). The molecule has 0 aromatic heterocycles. The van der Waals surface area contributed by atoms with Crippen LogP contribution >= 0.6 is 0 Å². The van der Waals surface area contributed by atoms with Crippen molar-refractivity contribution in [3.63, 3.8) is 0 Å². The molecule has 1 aromatic rings. The van der Waals surface area contributed by atoms with Gasteiger partial charge < -0.3 is 9.47 Å². The molecule has 6 nitrogen and oxygen atoms in total. The van der Waals surface area contributed by atoms with Crippen LogP contribution < -0.4 is 0 Å². The van der Waals surface area contributed by atoms with E-state index in [1.807, 2.05) is 0 Å². The Labute approximate surface area is 160 Å². The van der Waals surface area contributed by atoms with Crippen molar-refractivity contribution < 1.29 is 23.5 Å². The molecule has 0 aliphatic carbocycles. The van der Waals surface area contributed by atoms with Gasteiger partial charge in [0, 0.05) is 7.05 Å². The number of hydrazine groups is 1. The second kappa shape index (κ2) is 8.41. The van der Waals surface area contributed by atoms with Gasteiger partial charge in [-0.05, 0) is 64.8 Å². The summed E-state index contributed by atoms with van der Waals surface area (Å²) in [5.41, 5.74) is -0.320. The first-order chi connectivity index (χ1) is 12.2. The Morgan fingerprint density at radius 3 is 1.85 bits per heavy atom. The third-order valence-electron chi connectivity index (χ3n) is 3.22. The van der Waals surface area contributed by atoms with Gasteiger partial charge in [-0.2, -0.15) is 0 Å². The fourth-order valence-corrected chi connectivity index (χ4v) is 1.99. The molecule has 1 aromatic carbocycles. The van der Waals surface area contributed by atoms with Crippen LogP contribution in [0.2, 0.25) is 0 Å². The van der Waals surface area contributed by atoms with Crippen molar-refractivity contribution in [2.75, 3.05) is 13.6 Å². The molecule has 0 saturated carbocycles. The van der Waals surface area contributed by atoms with Crippen molar-refractivity contribution in [3.8, 4) is 0 Å². The summed E-state index contributed by atoms with van der Waals surface area (Å²) >= 11 is 0. The van der Waals surface area contributed by atoms with Gasteiger partial charge in [0.2, 0.25) is 0 Å². The average molecular weight is 380 g/mol. The molecule has 27 heavy (non-hydrogen) atoms. The van der Waals surface area contributed by atoms with Gasteiger partial charge in [0.25, 0.3) is 0 Å². The molecule has 0 fully saturated rings. The summed E-state index contributed by atoms with van der Waals surface area (Å²) in [6.45, 7) is 14.3. The van der Waals surface area contributed by atoms with E-state index in [9.17, 15) is 14.0 Å². The Morgan fingerprint density at radius 2 is 1.41 bits per heavy atom. The summed E-state index contributed by atoms with van der Waals surface area (Å²) in [5.74, 6) is -0.374. The van der Waals surface area contributed by atoms with Crippen molar-refractivity contribution >= 4 is 17.8 Å². The van der Waals surface area contributed by atoms with Gasteiger partial charge in [-0.1, -0.05) is 18.7 Å². The number of nitrogens with zero attached hydrogens (tertiary/aromatic N) is 2. The minimum atomic E-state index is -0.749. The average Bonchev–Trinajstić information content (AvgIpc) is 2.48. The van der Waals surface area contributed by atoms with E-state index in [-0.39, 0.29) is 12.4 Å². The highest BCUT2D eigenvalue weighted by Gasteiger charge is 2.31. The number of carbonyl (C=O) groups excluding carboxylic acids is 2. The zero-order chi connectivity index (χ0) is 21.0. The lowest BCUT2D eigenvalue weighted by molar-refractivity contribution is -0.0476. The summed E-state index contributed by atoms with van der Waals surface area (Å²) in [5, 5.41) is 2.15. The van der Waals surface area contributed by atoms with E-state index >= 15 is 0 Å². The second-order valence-corrected chi connectivity index (χ2v) is 8.15. The third kappa shape index (κ3) is 7.68. The van der Waals surface area contributed by atoms with Crippen LogP contribution in [0.25, 0.3) is 5.57 Å². The lowest BCUT2D eigenvalue weighted by Crippen LogP contribution is -2.51. The normalized spacial score (nSPS) is 11.6. The lowest BCUT2D eigenvalue weighted by atomic mass is 10.1. The van der Waals surface area contributed by atoms with Crippen LogP contribution in [0.3, 0.4) is 0 Å². The topological polar surface area (TPSA) is 59.1 Å². The highest BCUT2D eigenvalue weighted by molar-refractivity contribution is 5.77. The maximum Gasteiger partial charge on any atom is 0.429 e. The fraction of sp³-hybridized carbons (Fsp3) is 0.500. The van der Waals surface area contributed by atoms with Crippen LogP contribution in [0.5, 0.6) is 0 Å². The minimum Gasteiger partial charge on any atom is -0.442 e. The van der Waals surface area contributed by atoms with Crippen LogP contribution in [0.15, 0.2) is 30.8 Å². The fourth-order valence-electron chi connectivity index (χ4n) is 1.99. The summed E-state index contributed by atoms with van der Waals surface area (Å²) < 4.78 is 23.9. The smallest absolute Gasteiger partial charge is 0.429 e. The number of hydrogen-bond acceptors (Lipinski definition) is 4. The first kappa shape index (κ1) is 22.5. The molecule has 150 valence electrons. The van der Waals surface area contributed by atoms with E-state index in [2.05, 4.69) is 6.58 Å². The maximum atomic E-state index is 13.1. The van der Waals surface area contributed by atoms with E-state index in [0.29, 0.717) is 11.1 Å². The number of amides is 2. The number of carbonyl (C=O) groups is 2. The van der Waals surface area contributed by atoms with Crippen LogP contribution in [-0.4, -0.2) is 47.0 Å². The number of halogens is 1. The largest absolute Gasteiger partial charge is 0.442 e. The third-order valence-corrected chi connectivity index (χ3v) is 3.22. The molecule has 0 aliphatic heterocycles. The van der Waals surface area contributed by atoms with Crippen molar-refractivity contribution in [2.24, 2.45) is 0 Å². The molecule has 0 unspecified atom stereocenters. The maximum absolute atomic E-state index is 13.1. The van der Waals surface area contributed by atoms with Crippen molar-refractivity contribution in [2.45, 2.75) is 52.7 Å². The van der Waals surface area contributed by atoms with Crippen LogP contribution in [-0.2, 0) is 9.47 Å². The molecular weight excluding hydrogens is 351 g/mol. The molecule has 0 heterocycles. The van der Waals surface area contributed by atoms with Gasteiger partial charge in [0.1, 0.15) is 17.0 Å². The molecule has 0 atom stereocenters. The highest BCUT2D eigenvalue weighted by atomic mass is 19.1. The first-order valence-corrected chi connectivity index (χ1v) is 8.60. The molecule has 7 heteroatoms. The van der Waals surface area contributed by atoms with Gasteiger partial charge in [0.15, 0.2) is 0 Å². The van der Waals surface area contributed by atoms with Crippen LogP contribution in [0.1, 0.15) is 47.1 Å². The predicted molar refractivity (Wildman–Crippen MR) is 102 cm³/mol. The minimum absolute atomic E-state index is 0.0315. The number of hydrogen-bond donors (Lipinski definition) is 0. The highest BCUT2D eigenvalue weighted by Crippen LogP contribution is 2.19. The van der Waals surface area contributed by atoms with Crippen molar-refractivity contribution in [1.82, 2.24) is 10.0 Å². The van der Waals surface area contributed by atoms with E-state index in [0.717, 1.165) is 10.0 Å². The molecule has 0 aliphatic rings. The molecule has 0 bridgehead atoms. The standard InChI is InChI=1S/C20H29FN2O4/c1-14(15-9-11-16(21)12-10-15)13-23(18(25)27-20(5,6)7)22(8)17(24)26-19(2,3)4/h9-12H,1,13H2,2-8H3. The van der Waals surface area contributed by atoms with Gasteiger partial charge in [-0.15, -0.1) is 0 Å². The zero-order valence-electron chi connectivity index (χ0n) is 17.1. The van der Waals surface area contributed by atoms with Gasteiger partial charge >= 0.3 is 12.2 Å². The summed E-state index contributed by atoms with van der Waals surface area (Å²) in [6.07, 6.45) is -1.43. The van der Waals surface area contributed by atoms with Gasteiger partial charge in [-0.3, -0.25) is 0 Å². The SMILES string of the molecule is C=C(CN(C(=O)OC(C)(C)C)N(C)C(=O)OC(C)(C)C)c1ccc(F)cc1. The molecular formula is C20H29FN2O4. The number of rotatable bonds is 3. The van der Waals surface area contributed by atoms with Gasteiger partial charge in [0.05, 0.1) is 6.54 Å². The quantitative estimate of drug-likeness (QED) is 0.703. The van der Waals surface area contributed by atoms with E-state index < -0.39 is 23.4 Å². The Bertz CT molecular complexity index is 687. The Morgan fingerprint density at radius 1 is 0.963 bits per heavy atom. The zero-order valence-corrected chi connectivity index (χ0v) is 17.1. The first-order valence-electron chi connectivity index (χ1n) is 8.60.